The zero-order chi connectivity index (χ0) is 22.9. The van der Waals surface area contributed by atoms with Crippen LogP contribution in [0.25, 0.3) is 10.2 Å². The van der Waals surface area contributed by atoms with Gasteiger partial charge in [-0.05, 0) is 48.1 Å². The summed E-state index contributed by atoms with van der Waals surface area (Å²) in [5.74, 6) is -0.0519. The Hall–Kier alpha value is -2.70. The minimum atomic E-state index is -0.0519. The number of aromatic nitrogens is 3. The largest absolute Gasteiger partial charge is 0.337 e. The number of hydrogen-bond acceptors (Lipinski definition) is 4. The summed E-state index contributed by atoms with van der Waals surface area (Å²) in [6, 6.07) is 11.8. The van der Waals surface area contributed by atoms with E-state index in [0.29, 0.717) is 22.3 Å². The van der Waals surface area contributed by atoms with Crippen molar-refractivity contribution in [1.29, 1.82) is 0 Å². The van der Waals surface area contributed by atoms with Crippen LogP contribution in [0.5, 0.6) is 0 Å². The van der Waals surface area contributed by atoms with E-state index in [-0.39, 0.29) is 11.3 Å². The number of imidazole rings is 1. The van der Waals surface area contributed by atoms with E-state index < -0.39 is 0 Å². The number of nitrogens with zero attached hydrogens (tertiary/aromatic N) is 4. The molecule has 4 rings (SSSR count). The number of carbonyl (C=O) groups is 1. The Kier molecular flexibility index (Phi) is 6.35. The van der Waals surface area contributed by atoms with Gasteiger partial charge >= 0.3 is 0 Å². The molecule has 2 heterocycles. The third kappa shape index (κ3) is 4.71. The molecule has 0 N–H and O–H groups in total. The second kappa shape index (κ2) is 9.04. The Balaban J connectivity index is 1.66. The van der Waals surface area contributed by atoms with Gasteiger partial charge in [0.15, 0.2) is 5.13 Å². The van der Waals surface area contributed by atoms with Crippen molar-refractivity contribution < 1.29 is 4.79 Å². The third-order valence-electron chi connectivity index (χ3n) is 5.52. The quantitative estimate of drug-likeness (QED) is 0.326. The van der Waals surface area contributed by atoms with Crippen LogP contribution < -0.4 is 4.90 Å². The van der Waals surface area contributed by atoms with Crippen molar-refractivity contribution in [2.75, 3.05) is 11.4 Å². The van der Waals surface area contributed by atoms with Crippen LogP contribution in [0.2, 0.25) is 5.02 Å². The van der Waals surface area contributed by atoms with E-state index in [4.69, 9.17) is 16.6 Å². The predicted molar refractivity (Wildman–Crippen MR) is 133 cm³/mol. The van der Waals surface area contributed by atoms with Crippen molar-refractivity contribution in [1.82, 2.24) is 14.5 Å². The number of thiazole rings is 1. The fourth-order valence-electron chi connectivity index (χ4n) is 3.59. The van der Waals surface area contributed by atoms with E-state index in [9.17, 15) is 4.79 Å². The number of carbonyl (C=O) groups excluding carboxylic acids is 1. The molecule has 0 aliphatic rings. The summed E-state index contributed by atoms with van der Waals surface area (Å²) in [6.45, 7) is 9.84. The molecular weight excluding hydrogens is 440 g/mol. The normalized spacial score (nSPS) is 11.8. The van der Waals surface area contributed by atoms with E-state index >= 15 is 0 Å². The maximum absolute atomic E-state index is 13.6. The standard InChI is InChI=1S/C25H27ClN4OS/c1-17-6-11-20(26)22-21(17)28-24(32-22)30(14-5-13-29-15-12-27-16-29)23(31)18-7-9-19(10-8-18)25(2,3)4/h6-12,15-16H,5,13-14H2,1-4H3. The monoisotopic (exact) mass is 466 g/mol. The summed E-state index contributed by atoms with van der Waals surface area (Å²) in [4.78, 5) is 24.3. The SMILES string of the molecule is Cc1ccc(Cl)c2sc(N(CCCn3ccnc3)C(=O)c3ccc(C(C)(C)C)cc3)nc12. The molecule has 32 heavy (non-hydrogen) atoms. The van der Waals surface area contributed by atoms with Crippen molar-refractivity contribution in [3.05, 3.63) is 76.8 Å². The number of fused-ring (bicyclic) bond motifs is 1. The smallest absolute Gasteiger partial charge is 0.260 e. The van der Waals surface area contributed by atoms with Crippen LogP contribution in [0.4, 0.5) is 5.13 Å². The second-order valence-electron chi connectivity index (χ2n) is 8.98. The molecule has 0 unspecified atom stereocenters. The number of rotatable bonds is 6. The first-order chi connectivity index (χ1) is 15.2. The predicted octanol–water partition coefficient (Wildman–Crippen LogP) is 6.49. The van der Waals surface area contributed by atoms with Gasteiger partial charge in [0, 0.05) is 31.0 Å². The van der Waals surface area contributed by atoms with E-state index in [1.807, 2.05) is 54.1 Å². The molecule has 0 atom stereocenters. The topological polar surface area (TPSA) is 51.0 Å². The van der Waals surface area contributed by atoms with Gasteiger partial charge in [0.25, 0.3) is 5.91 Å². The van der Waals surface area contributed by atoms with E-state index in [1.165, 1.54) is 16.9 Å². The molecule has 0 spiro atoms. The zero-order valence-corrected chi connectivity index (χ0v) is 20.4. The van der Waals surface area contributed by atoms with Crippen LogP contribution in [-0.2, 0) is 12.0 Å². The highest BCUT2D eigenvalue weighted by molar-refractivity contribution is 7.23. The molecule has 4 aromatic rings. The number of halogens is 1. The van der Waals surface area contributed by atoms with Crippen LogP contribution in [0.1, 0.15) is 48.7 Å². The Labute approximate surface area is 197 Å². The Morgan fingerprint density at radius 2 is 1.91 bits per heavy atom. The number of aryl methyl sites for hydroxylation is 2. The molecule has 0 radical (unpaired) electrons. The summed E-state index contributed by atoms with van der Waals surface area (Å²) in [6.07, 6.45) is 6.26. The van der Waals surface area contributed by atoms with Crippen LogP contribution in [0.15, 0.2) is 55.1 Å². The van der Waals surface area contributed by atoms with Gasteiger partial charge in [-0.2, -0.15) is 0 Å². The summed E-state index contributed by atoms with van der Waals surface area (Å²) < 4.78 is 2.93. The van der Waals surface area contributed by atoms with Crippen molar-refractivity contribution in [2.24, 2.45) is 0 Å². The lowest BCUT2D eigenvalue weighted by Crippen LogP contribution is -2.32. The molecule has 0 aliphatic carbocycles. The molecule has 0 bridgehead atoms. The molecule has 166 valence electrons. The van der Waals surface area contributed by atoms with Crippen LogP contribution in [-0.4, -0.2) is 27.0 Å². The molecule has 0 fully saturated rings. The molecule has 2 aromatic heterocycles. The average molecular weight is 467 g/mol. The lowest BCUT2D eigenvalue weighted by molar-refractivity contribution is 0.0986. The summed E-state index contributed by atoms with van der Waals surface area (Å²) in [5.41, 5.74) is 3.79. The highest BCUT2D eigenvalue weighted by Crippen LogP contribution is 2.36. The number of anilines is 1. The minimum absolute atomic E-state index is 0.0351. The van der Waals surface area contributed by atoms with E-state index in [2.05, 4.69) is 25.8 Å². The highest BCUT2D eigenvalue weighted by Gasteiger charge is 2.23. The summed E-state index contributed by atoms with van der Waals surface area (Å²) in [5, 5.41) is 1.33. The van der Waals surface area contributed by atoms with Crippen molar-refractivity contribution in [3.63, 3.8) is 0 Å². The van der Waals surface area contributed by atoms with Gasteiger partial charge < -0.3 is 4.57 Å². The van der Waals surface area contributed by atoms with Crippen LogP contribution in [0, 0.1) is 6.92 Å². The first-order valence-corrected chi connectivity index (χ1v) is 11.9. The summed E-state index contributed by atoms with van der Waals surface area (Å²) >= 11 is 7.90. The van der Waals surface area contributed by atoms with Gasteiger partial charge in [0.2, 0.25) is 0 Å². The Morgan fingerprint density at radius 3 is 2.53 bits per heavy atom. The van der Waals surface area contributed by atoms with Crippen molar-refractivity contribution >= 4 is 44.2 Å². The molecule has 1 amide bonds. The number of benzene rings is 2. The molecule has 2 aromatic carbocycles. The minimum Gasteiger partial charge on any atom is -0.337 e. The number of amides is 1. The maximum Gasteiger partial charge on any atom is 0.260 e. The Morgan fingerprint density at radius 1 is 1.16 bits per heavy atom. The van der Waals surface area contributed by atoms with Gasteiger partial charge in [-0.1, -0.05) is 61.9 Å². The molecule has 5 nitrogen and oxygen atoms in total. The third-order valence-corrected chi connectivity index (χ3v) is 7.06. The molecule has 0 aliphatic heterocycles. The number of hydrogen-bond donors (Lipinski definition) is 0. The average Bonchev–Trinajstić information content (AvgIpc) is 3.44. The molecule has 0 saturated heterocycles. The summed E-state index contributed by atoms with van der Waals surface area (Å²) in [7, 11) is 0. The van der Waals surface area contributed by atoms with Crippen molar-refractivity contribution in [2.45, 2.75) is 46.1 Å². The van der Waals surface area contributed by atoms with Gasteiger partial charge in [0.05, 0.1) is 21.6 Å². The van der Waals surface area contributed by atoms with E-state index in [1.54, 1.807) is 17.4 Å². The van der Waals surface area contributed by atoms with Gasteiger partial charge in [0.1, 0.15) is 0 Å². The van der Waals surface area contributed by atoms with Gasteiger partial charge in [-0.3, -0.25) is 9.69 Å². The van der Waals surface area contributed by atoms with Crippen molar-refractivity contribution in [3.8, 4) is 0 Å². The molecule has 7 heteroatoms. The first kappa shape index (κ1) is 22.5. The fraction of sp³-hybridized carbons (Fsp3) is 0.320. The zero-order valence-electron chi connectivity index (χ0n) is 18.8. The van der Waals surface area contributed by atoms with Crippen LogP contribution in [0.3, 0.4) is 0 Å². The molecule has 0 saturated carbocycles. The lowest BCUT2D eigenvalue weighted by Gasteiger charge is -2.22. The van der Waals surface area contributed by atoms with Gasteiger partial charge in [-0.25, -0.2) is 9.97 Å². The van der Waals surface area contributed by atoms with Crippen LogP contribution >= 0.6 is 22.9 Å². The first-order valence-electron chi connectivity index (χ1n) is 10.7. The molecular formula is C25H27ClN4OS. The Bertz CT molecular complexity index is 1180. The van der Waals surface area contributed by atoms with Gasteiger partial charge in [-0.15, -0.1) is 0 Å². The fourth-order valence-corrected chi connectivity index (χ4v) is 4.93. The van der Waals surface area contributed by atoms with E-state index in [0.717, 1.165) is 28.7 Å². The lowest BCUT2D eigenvalue weighted by atomic mass is 9.86. The second-order valence-corrected chi connectivity index (χ2v) is 10.4. The highest BCUT2D eigenvalue weighted by atomic mass is 35.5. The maximum atomic E-state index is 13.6.